The number of likely N-dealkylation sites (tertiary alicyclic amines) is 1. The SMILES string of the molecule is O=C(NCC1CCCN(Cc2ccc(C#CCCO)cc2)C1)c1cc2ccccc2[nH]1. The number of para-hydroxylation sites is 1. The lowest BCUT2D eigenvalue weighted by molar-refractivity contribution is 0.0926. The predicted octanol–water partition coefficient (Wildman–Crippen LogP) is 3.54. The van der Waals surface area contributed by atoms with Crippen molar-refractivity contribution < 1.29 is 9.90 Å². The van der Waals surface area contributed by atoms with Crippen molar-refractivity contribution in [3.05, 3.63) is 71.4 Å². The molecule has 1 unspecified atom stereocenters. The molecule has 5 nitrogen and oxygen atoms in total. The third-order valence-electron chi connectivity index (χ3n) is 5.76. The van der Waals surface area contributed by atoms with Gasteiger partial charge < -0.3 is 15.4 Å². The van der Waals surface area contributed by atoms with Gasteiger partial charge in [-0.1, -0.05) is 42.2 Å². The molecule has 3 aromatic rings. The molecule has 0 bridgehead atoms. The fraction of sp³-hybridized carbons (Fsp3) is 0.346. The maximum Gasteiger partial charge on any atom is 0.267 e. The van der Waals surface area contributed by atoms with Crippen molar-refractivity contribution in [2.45, 2.75) is 25.8 Å². The number of aromatic nitrogens is 1. The average molecular weight is 416 g/mol. The van der Waals surface area contributed by atoms with E-state index in [0.717, 1.165) is 48.9 Å². The number of piperidine rings is 1. The van der Waals surface area contributed by atoms with Crippen LogP contribution in [0.3, 0.4) is 0 Å². The van der Waals surface area contributed by atoms with Crippen LogP contribution >= 0.6 is 0 Å². The summed E-state index contributed by atoms with van der Waals surface area (Å²) in [6, 6.07) is 18.2. The highest BCUT2D eigenvalue weighted by Gasteiger charge is 2.21. The van der Waals surface area contributed by atoms with Crippen molar-refractivity contribution in [2.24, 2.45) is 5.92 Å². The van der Waals surface area contributed by atoms with Crippen LogP contribution in [0.25, 0.3) is 10.9 Å². The van der Waals surface area contributed by atoms with Gasteiger partial charge in [-0.05, 0) is 55.1 Å². The third kappa shape index (κ3) is 5.75. The van der Waals surface area contributed by atoms with E-state index in [1.54, 1.807) is 0 Å². The molecule has 0 saturated carbocycles. The molecular weight excluding hydrogens is 386 g/mol. The maximum atomic E-state index is 12.6. The monoisotopic (exact) mass is 415 g/mol. The number of aliphatic hydroxyl groups is 1. The maximum absolute atomic E-state index is 12.6. The molecule has 160 valence electrons. The second-order valence-electron chi connectivity index (χ2n) is 8.20. The van der Waals surface area contributed by atoms with Crippen molar-refractivity contribution in [1.29, 1.82) is 0 Å². The number of benzene rings is 2. The number of aliphatic hydroxyl groups excluding tert-OH is 1. The molecule has 0 radical (unpaired) electrons. The van der Waals surface area contributed by atoms with Gasteiger partial charge in [-0.2, -0.15) is 0 Å². The highest BCUT2D eigenvalue weighted by Crippen LogP contribution is 2.19. The number of nitrogens with zero attached hydrogens (tertiary/aromatic N) is 1. The summed E-state index contributed by atoms with van der Waals surface area (Å²) in [6.45, 7) is 3.79. The number of carbonyl (C=O) groups is 1. The number of aromatic amines is 1. The van der Waals surface area contributed by atoms with Crippen molar-refractivity contribution in [1.82, 2.24) is 15.2 Å². The number of hydrogen-bond donors (Lipinski definition) is 3. The van der Waals surface area contributed by atoms with Crippen molar-refractivity contribution >= 4 is 16.8 Å². The van der Waals surface area contributed by atoms with Gasteiger partial charge in [-0.15, -0.1) is 0 Å². The minimum Gasteiger partial charge on any atom is -0.395 e. The number of H-pyrrole nitrogens is 1. The van der Waals surface area contributed by atoms with E-state index in [1.165, 1.54) is 5.56 Å². The summed E-state index contributed by atoms with van der Waals surface area (Å²) in [7, 11) is 0. The second kappa shape index (κ2) is 10.3. The van der Waals surface area contributed by atoms with Crippen molar-refractivity contribution in [3.8, 4) is 11.8 Å². The summed E-state index contributed by atoms with van der Waals surface area (Å²) >= 11 is 0. The lowest BCUT2D eigenvalue weighted by Crippen LogP contribution is -2.40. The van der Waals surface area contributed by atoms with Gasteiger partial charge >= 0.3 is 0 Å². The van der Waals surface area contributed by atoms with Gasteiger partial charge in [0, 0.05) is 42.5 Å². The van der Waals surface area contributed by atoms with Crippen LogP contribution < -0.4 is 5.32 Å². The Hall–Kier alpha value is -3.07. The molecule has 2 heterocycles. The highest BCUT2D eigenvalue weighted by atomic mass is 16.2. The molecule has 0 aliphatic carbocycles. The highest BCUT2D eigenvalue weighted by molar-refractivity contribution is 5.97. The normalized spacial score (nSPS) is 16.6. The molecule has 1 fully saturated rings. The standard InChI is InChI=1S/C26H29N3O2/c30-15-4-3-6-20-10-12-21(13-11-20)18-29-14-5-7-22(19-29)17-27-26(31)25-16-23-8-1-2-9-24(23)28-25/h1-2,8-13,16,22,28,30H,4-5,7,14-15,17-19H2,(H,27,31). The Morgan fingerprint density at radius 3 is 2.84 bits per heavy atom. The first kappa shape index (κ1) is 21.2. The summed E-state index contributed by atoms with van der Waals surface area (Å²) in [5.41, 5.74) is 3.86. The summed E-state index contributed by atoms with van der Waals surface area (Å²) in [5.74, 6) is 6.45. The zero-order valence-electron chi connectivity index (χ0n) is 17.7. The summed E-state index contributed by atoms with van der Waals surface area (Å²) in [4.78, 5) is 18.2. The van der Waals surface area contributed by atoms with Crippen LogP contribution in [0.5, 0.6) is 0 Å². The molecule has 1 aliphatic heterocycles. The molecule has 1 aliphatic rings. The van der Waals surface area contributed by atoms with Gasteiger partial charge in [0.1, 0.15) is 5.69 Å². The zero-order chi connectivity index (χ0) is 21.5. The molecular formula is C26H29N3O2. The van der Waals surface area contributed by atoms with Crippen LogP contribution in [-0.4, -0.2) is 47.1 Å². The number of amides is 1. The third-order valence-corrected chi connectivity index (χ3v) is 5.76. The van der Waals surface area contributed by atoms with Gasteiger partial charge in [0.2, 0.25) is 0 Å². The Morgan fingerprint density at radius 1 is 1.19 bits per heavy atom. The van der Waals surface area contributed by atoms with Gasteiger partial charge in [0.15, 0.2) is 0 Å². The second-order valence-corrected chi connectivity index (χ2v) is 8.20. The Morgan fingerprint density at radius 2 is 2.03 bits per heavy atom. The average Bonchev–Trinajstić information content (AvgIpc) is 3.24. The summed E-state index contributed by atoms with van der Waals surface area (Å²) in [6.07, 6.45) is 2.80. The van der Waals surface area contributed by atoms with Gasteiger partial charge in [-0.25, -0.2) is 0 Å². The van der Waals surface area contributed by atoms with Crippen molar-refractivity contribution in [3.63, 3.8) is 0 Å². The number of nitrogens with one attached hydrogen (secondary N) is 2. The molecule has 4 rings (SSSR count). The predicted molar refractivity (Wildman–Crippen MR) is 124 cm³/mol. The smallest absolute Gasteiger partial charge is 0.267 e. The first-order valence-electron chi connectivity index (χ1n) is 11.0. The fourth-order valence-corrected chi connectivity index (χ4v) is 4.16. The number of fused-ring (bicyclic) bond motifs is 1. The topological polar surface area (TPSA) is 68.4 Å². The van der Waals surface area contributed by atoms with E-state index in [1.807, 2.05) is 42.5 Å². The first-order valence-corrected chi connectivity index (χ1v) is 11.0. The van der Waals surface area contributed by atoms with E-state index in [0.29, 0.717) is 24.6 Å². The Kier molecular flexibility index (Phi) is 7.03. The lowest BCUT2D eigenvalue weighted by Gasteiger charge is -2.32. The van der Waals surface area contributed by atoms with E-state index in [-0.39, 0.29) is 12.5 Å². The van der Waals surface area contributed by atoms with Crippen LogP contribution in [-0.2, 0) is 6.54 Å². The Labute approximate surface area is 183 Å². The number of hydrogen-bond acceptors (Lipinski definition) is 3. The molecule has 1 atom stereocenters. The lowest BCUT2D eigenvalue weighted by atomic mass is 9.97. The van der Waals surface area contributed by atoms with E-state index in [2.05, 4.69) is 39.2 Å². The molecule has 1 aromatic heterocycles. The quantitative estimate of drug-likeness (QED) is 0.540. The van der Waals surface area contributed by atoms with E-state index < -0.39 is 0 Å². The minimum absolute atomic E-state index is 0.0359. The van der Waals surface area contributed by atoms with Crippen molar-refractivity contribution in [2.75, 3.05) is 26.2 Å². The number of rotatable bonds is 6. The molecule has 1 saturated heterocycles. The van der Waals surface area contributed by atoms with Crippen LogP contribution in [0.4, 0.5) is 0 Å². The minimum atomic E-state index is -0.0359. The largest absolute Gasteiger partial charge is 0.395 e. The zero-order valence-corrected chi connectivity index (χ0v) is 17.7. The molecule has 2 aromatic carbocycles. The van der Waals surface area contributed by atoms with Crippen LogP contribution in [0.1, 0.15) is 40.9 Å². The van der Waals surface area contributed by atoms with Crippen LogP contribution in [0.2, 0.25) is 0 Å². The van der Waals surface area contributed by atoms with Gasteiger partial charge in [-0.3, -0.25) is 9.69 Å². The first-order chi connectivity index (χ1) is 15.2. The summed E-state index contributed by atoms with van der Waals surface area (Å²) in [5, 5.41) is 13.0. The summed E-state index contributed by atoms with van der Waals surface area (Å²) < 4.78 is 0. The molecule has 3 N–H and O–H groups in total. The van der Waals surface area contributed by atoms with E-state index in [9.17, 15) is 4.79 Å². The van der Waals surface area contributed by atoms with E-state index in [4.69, 9.17) is 5.11 Å². The van der Waals surface area contributed by atoms with E-state index >= 15 is 0 Å². The molecule has 5 heteroatoms. The molecule has 31 heavy (non-hydrogen) atoms. The van der Waals surface area contributed by atoms with Gasteiger partial charge in [0.05, 0.1) is 6.61 Å². The van der Waals surface area contributed by atoms with Crippen LogP contribution in [0.15, 0.2) is 54.6 Å². The van der Waals surface area contributed by atoms with Crippen LogP contribution in [0, 0.1) is 17.8 Å². The Balaban J connectivity index is 1.27. The van der Waals surface area contributed by atoms with Gasteiger partial charge in [0.25, 0.3) is 5.91 Å². The number of carbonyl (C=O) groups excluding carboxylic acids is 1. The molecule has 0 spiro atoms. The fourth-order valence-electron chi connectivity index (χ4n) is 4.16. The molecule has 1 amide bonds. The Bertz CT molecular complexity index is 1040.